The Kier molecular flexibility index (Phi) is 3.61. The van der Waals surface area contributed by atoms with Gasteiger partial charge in [0.2, 0.25) is 0 Å². The quantitative estimate of drug-likeness (QED) is 0.660. The van der Waals surface area contributed by atoms with E-state index in [1.165, 1.54) is 22.8 Å². The van der Waals surface area contributed by atoms with E-state index in [4.69, 9.17) is 0 Å². The van der Waals surface area contributed by atoms with Crippen molar-refractivity contribution < 1.29 is 30.5 Å². The number of benzene rings is 1. The molecule has 0 aliphatic heterocycles. The molecule has 0 bridgehead atoms. The fourth-order valence-corrected chi connectivity index (χ4v) is 1.22. The summed E-state index contributed by atoms with van der Waals surface area (Å²) in [5, 5.41) is 0. The Hall–Kier alpha value is -0.926. The minimum Gasteiger partial charge on any atom is -0.319 e. The molecule has 2 aromatic rings. The number of aromatic nitrogens is 1. The van der Waals surface area contributed by atoms with Crippen LogP contribution in [0.15, 0.2) is 42.7 Å². The summed E-state index contributed by atoms with van der Waals surface area (Å²) in [4.78, 5) is 0. The number of hydrogen-bond acceptors (Lipinski definition) is 0. The van der Waals surface area contributed by atoms with Crippen LogP contribution in [-0.4, -0.2) is 4.57 Å². The number of rotatable bonds is 1. The molecule has 0 unspecified atom stereocenters. The van der Waals surface area contributed by atoms with Gasteiger partial charge in [-0.15, -0.1) is 0 Å². The van der Waals surface area contributed by atoms with Crippen LogP contribution in [0.3, 0.4) is 0 Å². The Morgan fingerprint density at radius 2 is 1.36 bits per heavy atom. The Morgan fingerprint density at radius 1 is 0.857 bits per heavy atom. The second-order valence-electron chi connectivity index (χ2n) is 2.66. The van der Waals surface area contributed by atoms with Gasteiger partial charge in [-0.2, -0.15) is 0 Å². The van der Waals surface area contributed by atoms with E-state index in [1.807, 2.05) is 0 Å². The van der Waals surface area contributed by atoms with E-state index in [9.17, 15) is 8.78 Å². The summed E-state index contributed by atoms with van der Waals surface area (Å²) in [7, 11) is 0. The molecule has 4 heteroatoms. The van der Waals surface area contributed by atoms with Gasteiger partial charge >= 0.3 is 0 Å². The Labute approximate surface area is 95.2 Å². The molecule has 1 aromatic carbocycles. The maximum Gasteiger partial charge on any atom is 0.150 e. The van der Waals surface area contributed by atoms with Crippen LogP contribution in [-0.2, 0) is 21.7 Å². The number of para-hydroxylation sites is 1. The molecule has 0 saturated heterocycles. The van der Waals surface area contributed by atoms with Crippen LogP contribution in [0.4, 0.5) is 8.78 Å². The second-order valence-corrected chi connectivity index (χ2v) is 2.66. The predicted octanol–water partition coefficient (Wildman–Crippen LogP) is 2.75. The fourth-order valence-electron chi connectivity index (χ4n) is 1.22. The average Bonchev–Trinajstić information content (AvgIpc) is 2.57. The average molecular weight is 227 g/mol. The van der Waals surface area contributed by atoms with Gasteiger partial charge in [-0.3, -0.25) is 0 Å². The molecule has 0 aliphatic rings. The summed E-state index contributed by atoms with van der Waals surface area (Å²) in [6.45, 7) is 0. The van der Waals surface area contributed by atoms with Crippen molar-refractivity contribution in [2.75, 3.05) is 0 Å². The first kappa shape index (κ1) is 11.2. The van der Waals surface area contributed by atoms with Crippen molar-refractivity contribution in [1.29, 1.82) is 0 Å². The van der Waals surface area contributed by atoms with Gasteiger partial charge < -0.3 is 4.57 Å². The zero-order valence-electron chi connectivity index (χ0n) is 7.24. The van der Waals surface area contributed by atoms with E-state index < -0.39 is 11.6 Å². The van der Waals surface area contributed by atoms with Crippen molar-refractivity contribution in [3.05, 3.63) is 54.4 Å². The van der Waals surface area contributed by atoms with Crippen molar-refractivity contribution in [3.8, 4) is 5.69 Å². The third-order valence-electron chi connectivity index (χ3n) is 1.80. The normalized spacial score (nSPS) is 9.57. The first-order valence-electron chi connectivity index (χ1n) is 3.86. The predicted molar refractivity (Wildman–Crippen MR) is 45.7 cm³/mol. The molecule has 0 aliphatic carbocycles. The van der Waals surface area contributed by atoms with E-state index in [0.717, 1.165) is 0 Å². The largest absolute Gasteiger partial charge is 0.319 e. The molecule has 2 rings (SSSR count). The summed E-state index contributed by atoms with van der Waals surface area (Å²) in [6.07, 6.45) is 3.20. The van der Waals surface area contributed by atoms with Crippen molar-refractivity contribution in [1.82, 2.24) is 4.57 Å². The molecule has 1 heterocycles. The topological polar surface area (TPSA) is 4.93 Å². The molecule has 1 nitrogen and oxygen atoms in total. The first-order valence-corrected chi connectivity index (χ1v) is 3.86. The smallest absolute Gasteiger partial charge is 0.150 e. The van der Waals surface area contributed by atoms with Crippen molar-refractivity contribution in [3.63, 3.8) is 0 Å². The van der Waals surface area contributed by atoms with Crippen molar-refractivity contribution in [2.45, 2.75) is 0 Å². The van der Waals surface area contributed by atoms with Crippen LogP contribution in [0.25, 0.3) is 5.69 Å². The monoisotopic (exact) mass is 227 g/mol. The van der Waals surface area contributed by atoms with Crippen LogP contribution in [0.1, 0.15) is 0 Å². The van der Waals surface area contributed by atoms with E-state index in [0.29, 0.717) is 0 Å². The Morgan fingerprint density at radius 3 is 1.86 bits per heavy atom. The molecule has 0 radical (unpaired) electrons. The first-order chi connectivity index (χ1) is 6.29. The summed E-state index contributed by atoms with van der Waals surface area (Å²) in [6, 6.07) is 7.24. The fraction of sp³-hybridized carbons (Fsp3) is 0. The molecule has 0 spiro atoms. The van der Waals surface area contributed by atoms with Gasteiger partial charge in [0.1, 0.15) is 17.3 Å². The number of nitrogens with zero attached hydrogens (tertiary/aromatic N) is 1. The Bertz CT molecular complexity index is 392. The Balaban J connectivity index is 0.000000980. The van der Waals surface area contributed by atoms with Crippen LogP contribution < -0.4 is 0 Å². The van der Waals surface area contributed by atoms with Crippen molar-refractivity contribution >= 4 is 0 Å². The molecule has 1 aromatic heterocycles. The third kappa shape index (κ3) is 1.94. The summed E-state index contributed by atoms with van der Waals surface area (Å²) >= 11 is 0. The number of hydrogen-bond donors (Lipinski definition) is 0. The second kappa shape index (κ2) is 4.53. The van der Waals surface area contributed by atoms with E-state index in [-0.39, 0.29) is 27.4 Å². The SMILES string of the molecule is Fc1cccc(F)c1-n1cccc1.[Ti]. The summed E-state index contributed by atoms with van der Waals surface area (Å²) in [5.74, 6) is -1.12. The van der Waals surface area contributed by atoms with E-state index >= 15 is 0 Å². The molecule has 0 N–H and O–H groups in total. The summed E-state index contributed by atoms with van der Waals surface area (Å²) < 4.78 is 27.7. The van der Waals surface area contributed by atoms with Gasteiger partial charge in [0.25, 0.3) is 0 Å². The third-order valence-corrected chi connectivity index (χ3v) is 1.80. The van der Waals surface area contributed by atoms with Gasteiger partial charge in [0, 0.05) is 34.1 Å². The molecule has 70 valence electrons. The van der Waals surface area contributed by atoms with E-state index in [1.54, 1.807) is 24.5 Å². The molecule has 0 amide bonds. The molecule has 14 heavy (non-hydrogen) atoms. The van der Waals surface area contributed by atoms with Crippen LogP contribution in [0.2, 0.25) is 0 Å². The molecular weight excluding hydrogens is 220 g/mol. The zero-order chi connectivity index (χ0) is 9.26. The van der Waals surface area contributed by atoms with Crippen molar-refractivity contribution in [2.24, 2.45) is 0 Å². The number of halogens is 2. The minimum atomic E-state index is -0.559. The van der Waals surface area contributed by atoms with Crippen LogP contribution >= 0.6 is 0 Å². The maximum absolute atomic E-state index is 13.2. The molecule has 0 fully saturated rings. The summed E-state index contributed by atoms with van der Waals surface area (Å²) in [5.41, 5.74) is -0.0347. The van der Waals surface area contributed by atoms with E-state index in [2.05, 4.69) is 0 Å². The van der Waals surface area contributed by atoms with Gasteiger partial charge in [0.15, 0.2) is 0 Å². The maximum atomic E-state index is 13.2. The van der Waals surface area contributed by atoms with Gasteiger partial charge in [-0.05, 0) is 24.3 Å². The van der Waals surface area contributed by atoms with Crippen LogP contribution in [0.5, 0.6) is 0 Å². The molecular formula is C10H7F2NTi. The minimum absolute atomic E-state index is 0. The zero-order valence-corrected chi connectivity index (χ0v) is 8.81. The molecule has 0 saturated carbocycles. The van der Waals surface area contributed by atoms with Gasteiger partial charge in [0.05, 0.1) is 0 Å². The molecule has 0 atom stereocenters. The van der Waals surface area contributed by atoms with Gasteiger partial charge in [-0.1, -0.05) is 6.07 Å². The van der Waals surface area contributed by atoms with Crippen LogP contribution in [0, 0.1) is 11.6 Å². The standard InChI is InChI=1S/C10H7F2N.Ti/c11-8-4-3-5-9(12)10(8)13-6-1-2-7-13;/h1-7H;. The van der Waals surface area contributed by atoms with Gasteiger partial charge in [-0.25, -0.2) is 8.78 Å².